The third-order valence-corrected chi connectivity index (χ3v) is 6.86. The fraction of sp³-hybridized carbons (Fsp3) is 0.500. The van der Waals surface area contributed by atoms with Gasteiger partial charge in [0.1, 0.15) is 29.9 Å². The van der Waals surface area contributed by atoms with Gasteiger partial charge in [0, 0.05) is 39.6 Å². The van der Waals surface area contributed by atoms with Crippen LogP contribution < -0.4 is 9.80 Å². The molecule has 3 heterocycles. The highest BCUT2D eigenvalue weighted by Gasteiger charge is 2.68. The Morgan fingerprint density at radius 1 is 0.733 bits per heavy atom. The van der Waals surface area contributed by atoms with Gasteiger partial charge in [0.05, 0.1) is 6.61 Å². The predicted molar refractivity (Wildman–Crippen MR) is 118 cm³/mol. The maximum atomic E-state index is 6.79. The van der Waals surface area contributed by atoms with Crippen molar-refractivity contribution in [1.82, 2.24) is 4.90 Å². The second kappa shape index (κ2) is 6.69. The SMILES string of the molecule is CN(C)c1ccc([C@]2(C)O[C@H]3CO[C@@H]4N3[C@H]2O[C@]4(C)c2ccc(N(C)C)cc2)cc1. The predicted octanol–water partition coefficient (Wildman–Crippen LogP) is 3.32. The maximum Gasteiger partial charge on any atom is 0.149 e. The number of rotatable bonds is 4. The molecule has 3 aliphatic heterocycles. The van der Waals surface area contributed by atoms with Gasteiger partial charge >= 0.3 is 0 Å². The third-order valence-electron chi connectivity index (χ3n) is 6.86. The van der Waals surface area contributed by atoms with Gasteiger partial charge in [-0.1, -0.05) is 24.3 Å². The highest BCUT2D eigenvalue weighted by Crippen LogP contribution is 2.55. The summed E-state index contributed by atoms with van der Waals surface area (Å²) in [6, 6.07) is 17.1. The molecule has 3 fully saturated rings. The van der Waals surface area contributed by atoms with Gasteiger partial charge in [0.2, 0.25) is 0 Å². The van der Waals surface area contributed by atoms with Crippen LogP contribution in [-0.4, -0.2) is 58.4 Å². The van der Waals surface area contributed by atoms with Gasteiger partial charge in [-0.15, -0.1) is 0 Å². The molecule has 2 aromatic rings. The van der Waals surface area contributed by atoms with E-state index >= 15 is 0 Å². The Morgan fingerprint density at radius 3 is 1.67 bits per heavy atom. The molecule has 6 nitrogen and oxygen atoms in total. The van der Waals surface area contributed by atoms with Gasteiger partial charge in [0.25, 0.3) is 0 Å². The fourth-order valence-corrected chi connectivity index (χ4v) is 5.00. The van der Waals surface area contributed by atoms with Crippen LogP contribution in [0.25, 0.3) is 0 Å². The molecule has 160 valence electrons. The van der Waals surface area contributed by atoms with Crippen molar-refractivity contribution < 1.29 is 14.2 Å². The maximum absolute atomic E-state index is 6.79. The molecule has 0 bridgehead atoms. The van der Waals surface area contributed by atoms with E-state index in [1.54, 1.807) is 0 Å². The standard InChI is InChI=1S/C24H31N3O3/c1-23(16-7-11-18(12-8-16)25(3)4)21-27-20(15-28-21)29-24(2,22(27)30-23)17-9-13-19(14-10-17)26(5)6/h7-14,20-22H,15H2,1-6H3/t20-,21-,22-,23+,24-/m0/s1. The van der Waals surface area contributed by atoms with Gasteiger partial charge in [-0.2, -0.15) is 0 Å². The molecule has 3 saturated heterocycles. The lowest BCUT2D eigenvalue weighted by molar-refractivity contribution is -0.138. The number of ether oxygens (including phenoxy) is 3. The first-order valence-electron chi connectivity index (χ1n) is 10.5. The van der Waals surface area contributed by atoms with E-state index in [9.17, 15) is 0 Å². The third kappa shape index (κ3) is 2.71. The molecular formula is C24H31N3O3. The minimum atomic E-state index is -0.557. The van der Waals surface area contributed by atoms with Crippen molar-refractivity contribution in [3.8, 4) is 0 Å². The molecule has 0 aromatic heterocycles. The zero-order chi connectivity index (χ0) is 21.3. The average molecular weight is 410 g/mol. The Labute approximate surface area is 178 Å². The van der Waals surface area contributed by atoms with E-state index in [0.29, 0.717) is 6.61 Å². The van der Waals surface area contributed by atoms with Crippen molar-refractivity contribution >= 4 is 11.4 Å². The summed E-state index contributed by atoms with van der Waals surface area (Å²) in [4.78, 5) is 6.48. The van der Waals surface area contributed by atoms with Crippen molar-refractivity contribution in [3.05, 3.63) is 59.7 Å². The lowest BCUT2D eigenvalue weighted by Gasteiger charge is -2.33. The molecule has 3 aliphatic rings. The smallest absolute Gasteiger partial charge is 0.149 e. The summed E-state index contributed by atoms with van der Waals surface area (Å²) in [5.74, 6) is 0. The summed E-state index contributed by atoms with van der Waals surface area (Å²) >= 11 is 0. The molecule has 0 spiro atoms. The highest BCUT2D eigenvalue weighted by atomic mass is 16.7. The molecule has 6 heteroatoms. The van der Waals surface area contributed by atoms with Crippen LogP contribution in [0, 0.1) is 0 Å². The van der Waals surface area contributed by atoms with Gasteiger partial charge in [-0.25, -0.2) is 4.90 Å². The molecule has 0 aliphatic carbocycles. The van der Waals surface area contributed by atoms with E-state index in [2.05, 4.69) is 77.1 Å². The van der Waals surface area contributed by atoms with Crippen LogP contribution in [0.1, 0.15) is 25.0 Å². The molecule has 5 rings (SSSR count). The first kappa shape index (κ1) is 19.8. The molecule has 0 amide bonds. The molecule has 5 atom stereocenters. The summed E-state index contributed by atoms with van der Waals surface area (Å²) in [6.45, 7) is 4.83. The Bertz CT molecular complexity index is 878. The minimum absolute atomic E-state index is 0.0959. The van der Waals surface area contributed by atoms with E-state index in [4.69, 9.17) is 14.2 Å². The molecule has 0 saturated carbocycles. The van der Waals surface area contributed by atoms with E-state index in [-0.39, 0.29) is 18.7 Å². The van der Waals surface area contributed by atoms with Crippen LogP contribution in [0.15, 0.2) is 48.5 Å². The minimum Gasteiger partial charge on any atom is -0.378 e. The first-order chi connectivity index (χ1) is 14.2. The van der Waals surface area contributed by atoms with Crippen LogP contribution in [0.5, 0.6) is 0 Å². The summed E-state index contributed by atoms with van der Waals surface area (Å²) in [5.41, 5.74) is 3.47. The number of hydrogen-bond acceptors (Lipinski definition) is 6. The Kier molecular flexibility index (Phi) is 4.42. The Hall–Kier alpha value is -2.12. The van der Waals surface area contributed by atoms with Crippen LogP contribution in [0.4, 0.5) is 11.4 Å². The quantitative estimate of drug-likeness (QED) is 0.771. The molecule has 30 heavy (non-hydrogen) atoms. The zero-order valence-corrected chi connectivity index (χ0v) is 18.6. The van der Waals surface area contributed by atoms with Gasteiger partial charge in [-0.3, -0.25) is 0 Å². The van der Waals surface area contributed by atoms with Crippen molar-refractivity contribution in [2.45, 2.75) is 43.7 Å². The van der Waals surface area contributed by atoms with E-state index in [0.717, 1.165) is 11.1 Å². The number of hydrogen-bond donors (Lipinski definition) is 0. The molecule has 0 unspecified atom stereocenters. The largest absolute Gasteiger partial charge is 0.378 e. The first-order valence-corrected chi connectivity index (χ1v) is 10.5. The van der Waals surface area contributed by atoms with Crippen LogP contribution in [0.3, 0.4) is 0 Å². The van der Waals surface area contributed by atoms with Crippen molar-refractivity contribution in [1.29, 1.82) is 0 Å². The summed E-state index contributed by atoms with van der Waals surface area (Å²) in [6.07, 6.45) is -0.472. The van der Waals surface area contributed by atoms with Gasteiger partial charge in [-0.05, 0) is 49.2 Å². The van der Waals surface area contributed by atoms with E-state index < -0.39 is 11.2 Å². The van der Waals surface area contributed by atoms with Crippen LogP contribution >= 0.6 is 0 Å². The van der Waals surface area contributed by atoms with Crippen LogP contribution in [0.2, 0.25) is 0 Å². The number of anilines is 2. The fourth-order valence-electron chi connectivity index (χ4n) is 5.00. The van der Waals surface area contributed by atoms with Crippen molar-refractivity contribution in [2.75, 3.05) is 44.6 Å². The lowest BCUT2D eigenvalue weighted by atomic mass is 9.93. The van der Waals surface area contributed by atoms with Crippen molar-refractivity contribution in [2.24, 2.45) is 0 Å². The van der Waals surface area contributed by atoms with Crippen LogP contribution in [-0.2, 0) is 25.4 Å². The summed E-state index contributed by atoms with van der Waals surface area (Å²) in [5, 5.41) is 0. The molecule has 0 radical (unpaired) electrons. The second-order valence-electron chi connectivity index (χ2n) is 9.27. The van der Waals surface area contributed by atoms with Gasteiger partial charge in [0.15, 0.2) is 0 Å². The zero-order valence-electron chi connectivity index (χ0n) is 18.6. The normalized spacial score (nSPS) is 34.9. The van der Waals surface area contributed by atoms with Gasteiger partial charge < -0.3 is 24.0 Å². The second-order valence-corrected chi connectivity index (χ2v) is 9.27. The van der Waals surface area contributed by atoms with Crippen molar-refractivity contribution in [3.63, 3.8) is 0 Å². The lowest BCUT2D eigenvalue weighted by Crippen LogP contribution is -2.40. The Morgan fingerprint density at radius 2 is 1.20 bits per heavy atom. The highest BCUT2D eigenvalue weighted by molar-refractivity contribution is 5.48. The van der Waals surface area contributed by atoms with E-state index in [1.165, 1.54) is 11.4 Å². The molecular weight excluding hydrogens is 378 g/mol. The van der Waals surface area contributed by atoms with E-state index in [1.807, 2.05) is 28.2 Å². The average Bonchev–Trinajstić information content (AvgIpc) is 3.36. The Balaban J connectivity index is 1.49. The number of benzene rings is 2. The molecule has 2 aromatic carbocycles. The molecule has 0 N–H and O–H groups in total. The topological polar surface area (TPSA) is 37.4 Å². The number of nitrogens with zero attached hydrogens (tertiary/aromatic N) is 3. The summed E-state index contributed by atoms with van der Waals surface area (Å²) < 4.78 is 19.5. The summed E-state index contributed by atoms with van der Waals surface area (Å²) in [7, 11) is 8.20. The monoisotopic (exact) mass is 409 g/mol.